The Balaban J connectivity index is 1.67. The van der Waals surface area contributed by atoms with Crippen molar-refractivity contribution in [1.29, 1.82) is 0 Å². The maximum absolute atomic E-state index is 13.3. The van der Waals surface area contributed by atoms with Gasteiger partial charge in [0.15, 0.2) is 0 Å². The number of hydrogen-bond acceptors (Lipinski definition) is 3. The van der Waals surface area contributed by atoms with E-state index in [1.165, 1.54) is 12.1 Å². The molecule has 0 atom stereocenters. The van der Waals surface area contributed by atoms with Crippen LogP contribution in [0.1, 0.15) is 18.1 Å². The fourth-order valence-corrected chi connectivity index (χ4v) is 3.30. The molecule has 4 aromatic rings. The SMILES string of the molecule is CCc1cc(-c2[nH]ncc2-c2ccc(F)cc2)c(O)cc1OCc1ccccc1. The first kappa shape index (κ1) is 18.7. The lowest BCUT2D eigenvalue weighted by molar-refractivity contribution is 0.301. The summed E-state index contributed by atoms with van der Waals surface area (Å²) in [5.41, 5.74) is 4.96. The summed E-state index contributed by atoms with van der Waals surface area (Å²) in [5, 5.41) is 17.8. The maximum Gasteiger partial charge on any atom is 0.128 e. The first-order valence-electron chi connectivity index (χ1n) is 9.48. The van der Waals surface area contributed by atoms with Crippen molar-refractivity contribution in [2.75, 3.05) is 0 Å². The largest absolute Gasteiger partial charge is 0.507 e. The monoisotopic (exact) mass is 388 g/mol. The van der Waals surface area contributed by atoms with E-state index in [1.54, 1.807) is 24.4 Å². The molecule has 0 saturated heterocycles. The lowest BCUT2D eigenvalue weighted by Gasteiger charge is -2.14. The second-order valence-corrected chi connectivity index (χ2v) is 6.77. The second kappa shape index (κ2) is 8.19. The zero-order valence-corrected chi connectivity index (χ0v) is 16.0. The van der Waals surface area contributed by atoms with Gasteiger partial charge < -0.3 is 9.84 Å². The van der Waals surface area contributed by atoms with Crippen LogP contribution >= 0.6 is 0 Å². The third-order valence-electron chi connectivity index (χ3n) is 4.86. The van der Waals surface area contributed by atoms with E-state index in [2.05, 4.69) is 10.2 Å². The Morgan fingerprint density at radius 1 is 1.00 bits per heavy atom. The van der Waals surface area contributed by atoms with Gasteiger partial charge >= 0.3 is 0 Å². The lowest BCUT2D eigenvalue weighted by Crippen LogP contribution is -1.99. The van der Waals surface area contributed by atoms with Crippen molar-refractivity contribution in [3.63, 3.8) is 0 Å². The highest BCUT2D eigenvalue weighted by Crippen LogP contribution is 2.39. The molecule has 146 valence electrons. The number of rotatable bonds is 6. The van der Waals surface area contributed by atoms with Gasteiger partial charge in [0.25, 0.3) is 0 Å². The molecular weight excluding hydrogens is 367 g/mol. The van der Waals surface area contributed by atoms with Crippen LogP contribution in [0.4, 0.5) is 4.39 Å². The van der Waals surface area contributed by atoms with Crippen molar-refractivity contribution in [2.45, 2.75) is 20.0 Å². The minimum absolute atomic E-state index is 0.0953. The number of aryl methyl sites for hydroxylation is 1. The Labute approximate surface area is 168 Å². The maximum atomic E-state index is 13.3. The number of halogens is 1. The molecule has 0 fully saturated rings. The van der Waals surface area contributed by atoms with Crippen LogP contribution in [0, 0.1) is 5.82 Å². The van der Waals surface area contributed by atoms with Crippen molar-refractivity contribution in [3.05, 3.63) is 89.9 Å². The van der Waals surface area contributed by atoms with Crippen molar-refractivity contribution < 1.29 is 14.2 Å². The molecule has 0 saturated carbocycles. The quantitative estimate of drug-likeness (QED) is 0.443. The van der Waals surface area contributed by atoms with Gasteiger partial charge in [-0.05, 0) is 41.3 Å². The number of nitrogens with one attached hydrogen (secondary N) is 1. The van der Waals surface area contributed by atoms with E-state index in [9.17, 15) is 9.50 Å². The lowest BCUT2D eigenvalue weighted by atomic mass is 9.98. The third-order valence-corrected chi connectivity index (χ3v) is 4.86. The smallest absolute Gasteiger partial charge is 0.128 e. The minimum Gasteiger partial charge on any atom is -0.507 e. The molecule has 0 amide bonds. The Morgan fingerprint density at radius 3 is 2.48 bits per heavy atom. The van der Waals surface area contributed by atoms with Gasteiger partial charge in [-0.2, -0.15) is 5.10 Å². The summed E-state index contributed by atoms with van der Waals surface area (Å²) in [4.78, 5) is 0. The summed E-state index contributed by atoms with van der Waals surface area (Å²) in [5.74, 6) is 0.452. The zero-order valence-electron chi connectivity index (χ0n) is 16.0. The Kier molecular flexibility index (Phi) is 5.29. The van der Waals surface area contributed by atoms with E-state index in [0.717, 1.165) is 28.7 Å². The van der Waals surface area contributed by atoms with E-state index in [-0.39, 0.29) is 11.6 Å². The van der Waals surface area contributed by atoms with Crippen LogP contribution in [0.25, 0.3) is 22.4 Å². The van der Waals surface area contributed by atoms with Crippen molar-refractivity contribution >= 4 is 0 Å². The summed E-state index contributed by atoms with van der Waals surface area (Å²) in [6.07, 6.45) is 2.42. The van der Waals surface area contributed by atoms with Gasteiger partial charge in [-0.15, -0.1) is 0 Å². The highest BCUT2D eigenvalue weighted by molar-refractivity contribution is 5.83. The molecule has 3 aromatic carbocycles. The highest BCUT2D eigenvalue weighted by Gasteiger charge is 2.17. The van der Waals surface area contributed by atoms with Gasteiger partial charge in [-0.25, -0.2) is 4.39 Å². The van der Waals surface area contributed by atoms with E-state index < -0.39 is 0 Å². The van der Waals surface area contributed by atoms with Crippen LogP contribution in [0.5, 0.6) is 11.5 Å². The second-order valence-electron chi connectivity index (χ2n) is 6.77. The molecule has 0 spiro atoms. The van der Waals surface area contributed by atoms with E-state index in [4.69, 9.17) is 4.74 Å². The van der Waals surface area contributed by atoms with Gasteiger partial charge in [0.1, 0.15) is 23.9 Å². The topological polar surface area (TPSA) is 58.1 Å². The first-order chi connectivity index (χ1) is 14.2. The van der Waals surface area contributed by atoms with Crippen LogP contribution < -0.4 is 4.74 Å². The average Bonchev–Trinajstić information content (AvgIpc) is 3.23. The molecule has 29 heavy (non-hydrogen) atoms. The number of phenolic OH excluding ortho intramolecular Hbond substituents is 1. The molecule has 0 aliphatic carbocycles. The number of aromatic hydroxyl groups is 1. The van der Waals surface area contributed by atoms with Gasteiger partial charge in [0, 0.05) is 17.2 Å². The van der Waals surface area contributed by atoms with Crippen LogP contribution in [0.15, 0.2) is 72.9 Å². The van der Waals surface area contributed by atoms with Crippen LogP contribution in [-0.4, -0.2) is 15.3 Å². The van der Waals surface area contributed by atoms with Crippen molar-refractivity contribution in [2.24, 2.45) is 0 Å². The molecule has 0 aliphatic rings. The molecule has 1 aromatic heterocycles. The summed E-state index contributed by atoms with van der Waals surface area (Å²) in [7, 11) is 0. The predicted molar refractivity (Wildman–Crippen MR) is 111 cm³/mol. The van der Waals surface area contributed by atoms with E-state index in [1.807, 2.05) is 43.3 Å². The molecule has 5 heteroatoms. The summed E-state index contributed by atoms with van der Waals surface area (Å²) in [6.45, 7) is 2.47. The summed E-state index contributed by atoms with van der Waals surface area (Å²) >= 11 is 0. The molecular formula is C24H21FN2O2. The van der Waals surface area contributed by atoms with Gasteiger partial charge in [0.05, 0.1) is 11.9 Å². The number of H-pyrrole nitrogens is 1. The standard InChI is InChI=1S/C24H21FN2O2/c1-2-17-12-20(22(28)13-23(17)29-15-16-6-4-3-5-7-16)24-21(14-26-27-24)18-8-10-19(25)11-9-18/h3-14,28H,2,15H2,1H3,(H,26,27). The molecule has 1 heterocycles. The van der Waals surface area contributed by atoms with Gasteiger partial charge in [0.2, 0.25) is 0 Å². The third kappa shape index (κ3) is 3.99. The Bertz CT molecular complexity index is 1110. The highest BCUT2D eigenvalue weighted by atomic mass is 19.1. The molecule has 0 bridgehead atoms. The number of phenols is 1. The first-order valence-corrected chi connectivity index (χ1v) is 9.48. The van der Waals surface area contributed by atoms with Gasteiger partial charge in [-0.1, -0.05) is 49.4 Å². The predicted octanol–water partition coefficient (Wildman–Crippen LogP) is 5.73. The van der Waals surface area contributed by atoms with Crippen LogP contribution in [0.3, 0.4) is 0 Å². The average molecular weight is 388 g/mol. The van der Waals surface area contributed by atoms with E-state index >= 15 is 0 Å². The zero-order chi connectivity index (χ0) is 20.2. The molecule has 4 nitrogen and oxygen atoms in total. The molecule has 2 N–H and O–H groups in total. The number of aromatic amines is 1. The fourth-order valence-electron chi connectivity index (χ4n) is 3.30. The molecule has 0 radical (unpaired) electrons. The Hall–Kier alpha value is -3.60. The van der Waals surface area contributed by atoms with Crippen LogP contribution in [-0.2, 0) is 13.0 Å². The fraction of sp³-hybridized carbons (Fsp3) is 0.125. The molecule has 0 unspecified atom stereocenters. The Morgan fingerprint density at radius 2 is 1.76 bits per heavy atom. The van der Waals surface area contributed by atoms with Crippen molar-refractivity contribution in [1.82, 2.24) is 10.2 Å². The summed E-state index contributed by atoms with van der Waals surface area (Å²) in [6, 6.07) is 19.7. The number of nitrogens with zero attached hydrogens (tertiary/aromatic N) is 1. The number of benzene rings is 3. The van der Waals surface area contributed by atoms with Gasteiger partial charge in [-0.3, -0.25) is 5.10 Å². The van der Waals surface area contributed by atoms with E-state index in [0.29, 0.717) is 23.6 Å². The van der Waals surface area contributed by atoms with Crippen molar-refractivity contribution in [3.8, 4) is 33.9 Å². The van der Waals surface area contributed by atoms with Crippen LogP contribution in [0.2, 0.25) is 0 Å². The normalized spacial score (nSPS) is 10.8. The summed E-state index contributed by atoms with van der Waals surface area (Å²) < 4.78 is 19.2. The molecule has 4 rings (SSSR count). The molecule has 0 aliphatic heterocycles. The number of ether oxygens (including phenoxy) is 1. The number of aromatic nitrogens is 2. The number of hydrogen-bond donors (Lipinski definition) is 2. The minimum atomic E-state index is -0.296.